The van der Waals surface area contributed by atoms with E-state index in [0.29, 0.717) is 11.1 Å². The van der Waals surface area contributed by atoms with E-state index in [1.54, 1.807) is 0 Å². The zero-order valence-corrected chi connectivity index (χ0v) is 24.3. The minimum Gasteiger partial charge on any atom is -0.310 e. The zero-order chi connectivity index (χ0) is 29.6. The molecule has 1 aromatic heterocycles. The van der Waals surface area contributed by atoms with E-state index in [0.717, 1.165) is 38.6 Å². The highest BCUT2D eigenvalue weighted by atomic mass is 32.1. The molecule has 0 N–H and O–H groups in total. The van der Waals surface area contributed by atoms with Crippen LogP contribution in [-0.2, 0) is 0 Å². The number of anilines is 3. The van der Waals surface area contributed by atoms with E-state index < -0.39 is 0 Å². The fourth-order valence-corrected chi connectivity index (χ4v) is 7.33. The van der Waals surface area contributed by atoms with Crippen LogP contribution in [0.1, 0.15) is 11.1 Å². The van der Waals surface area contributed by atoms with E-state index in [9.17, 15) is 10.5 Å². The van der Waals surface area contributed by atoms with Gasteiger partial charge >= 0.3 is 0 Å². The van der Waals surface area contributed by atoms with Crippen molar-refractivity contribution in [3.63, 3.8) is 0 Å². The standard InChI is InChI=1S/C40H23N3S/c41-24-26-8-10-31-22-34(18-14-29(31)20-26)43(35-19-15-30-21-27(25-42)9-11-32(30)23-35)33-16-12-28(13-17-33)36-5-3-6-38-37-4-1-2-7-39(37)44-40(36)38/h1-23H. The summed E-state index contributed by atoms with van der Waals surface area (Å²) in [5.41, 5.74) is 6.80. The summed E-state index contributed by atoms with van der Waals surface area (Å²) in [4.78, 5) is 2.26. The molecule has 8 rings (SSSR count). The van der Waals surface area contributed by atoms with Gasteiger partial charge in [-0.1, -0.05) is 72.8 Å². The maximum absolute atomic E-state index is 9.38. The Morgan fingerprint density at radius 1 is 0.477 bits per heavy atom. The molecule has 0 aliphatic heterocycles. The van der Waals surface area contributed by atoms with Crippen molar-refractivity contribution >= 4 is 70.1 Å². The third kappa shape index (κ3) is 4.34. The molecule has 4 heteroatoms. The quantitative estimate of drug-likeness (QED) is 0.209. The van der Waals surface area contributed by atoms with E-state index in [-0.39, 0.29) is 0 Å². The van der Waals surface area contributed by atoms with Gasteiger partial charge in [0.1, 0.15) is 0 Å². The minimum absolute atomic E-state index is 0.651. The number of hydrogen-bond donors (Lipinski definition) is 0. The lowest BCUT2D eigenvalue weighted by atomic mass is 10.0. The third-order valence-corrected chi connectivity index (χ3v) is 9.48. The van der Waals surface area contributed by atoms with Gasteiger partial charge in [0.25, 0.3) is 0 Å². The molecule has 0 unspecified atom stereocenters. The topological polar surface area (TPSA) is 50.8 Å². The molecule has 0 atom stereocenters. The number of benzene rings is 7. The molecule has 0 saturated heterocycles. The number of nitrogens with zero attached hydrogens (tertiary/aromatic N) is 3. The maximum Gasteiger partial charge on any atom is 0.0991 e. The molecule has 0 saturated carbocycles. The second-order valence-corrected chi connectivity index (χ2v) is 11.9. The predicted octanol–water partition coefficient (Wildman–Crippen LogP) is 11.2. The normalized spacial score (nSPS) is 11.1. The first-order valence-electron chi connectivity index (χ1n) is 14.4. The highest BCUT2D eigenvalue weighted by Crippen LogP contribution is 2.42. The predicted molar refractivity (Wildman–Crippen MR) is 184 cm³/mol. The Morgan fingerprint density at radius 2 is 1.02 bits per heavy atom. The van der Waals surface area contributed by atoms with Crippen molar-refractivity contribution in [2.24, 2.45) is 0 Å². The Labute approximate surface area is 258 Å². The van der Waals surface area contributed by atoms with Crippen molar-refractivity contribution in [1.82, 2.24) is 0 Å². The van der Waals surface area contributed by atoms with Crippen molar-refractivity contribution in [2.45, 2.75) is 0 Å². The zero-order valence-electron chi connectivity index (χ0n) is 23.5. The van der Waals surface area contributed by atoms with Gasteiger partial charge < -0.3 is 4.90 Å². The molecule has 0 bridgehead atoms. The SMILES string of the molecule is N#Cc1ccc2cc(N(c3ccc(-c4cccc5c4sc4ccccc45)cc3)c3ccc4cc(C#N)ccc4c3)ccc2c1. The van der Waals surface area contributed by atoms with Gasteiger partial charge in [-0.3, -0.25) is 0 Å². The van der Waals surface area contributed by atoms with Crippen molar-refractivity contribution in [3.05, 3.63) is 151 Å². The number of thiophene rings is 1. The van der Waals surface area contributed by atoms with Gasteiger partial charge in [-0.25, -0.2) is 0 Å². The van der Waals surface area contributed by atoms with E-state index in [1.807, 2.05) is 47.7 Å². The number of hydrogen-bond acceptors (Lipinski definition) is 4. The molecule has 0 fully saturated rings. The molecule has 204 valence electrons. The lowest BCUT2D eigenvalue weighted by molar-refractivity contribution is 1.29. The van der Waals surface area contributed by atoms with Gasteiger partial charge in [0.2, 0.25) is 0 Å². The molecule has 1 heterocycles. The Morgan fingerprint density at radius 3 is 1.66 bits per heavy atom. The number of nitriles is 2. The summed E-state index contributed by atoms with van der Waals surface area (Å²) in [6.07, 6.45) is 0. The molecule has 0 aliphatic carbocycles. The second kappa shape index (κ2) is 10.4. The Bertz CT molecular complexity index is 2380. The Balaban J connectivity index is 1.26. The van der Waals surface area contributed by atoms with Crippen LogP contribution in [-0.4, -0.2) is 0 Å². The van der Waals surface area contributed by atoms with Crippen molar-refractivity contribution < 1.29 is 0 Å². The molecule has 7 aromatic carbocycles. The summed E-state index contributed by atoms with van der Waals surface area (Å²) in [6.45, 7) is 0. The minimum atomic E-state index is 0.651. The van der Waals surface area contributed by atoms with Crippen LogP contribution in [0.2, 0.25) is 0 Å². The molecule has 0 spiro atoms. The Hall–Kier alpha value is -5.94. The van der Waals surface area contributed by atoms with Gasteiger partial charge in [-0.05, 0) is 99.4 Å². The van der Waals surface area contributed by atoms with Crippen LogP contribution in [0.5, 0.6) is 0 Å². The Kier molecular flexibility index (Phi) is 6.09. The highest BCUT2D eigenvalue weighted by Gasteiger charge is 2.16. The molecular weight excluding hydrogens is 555 g/mol. The van der Waals surface area contributed by atoms with Crippen LogP contribution in [0.4, 0.5) is 17.1 Å². The van der Waals surface area contributed by atoms with E-state index in [2.05, 4.69) is 120 Å². The first-order valence-corrected chi connectivity index (χ1v) is 15.2. The summed E-state index contributed by atoms with van der Waals surface area (Å²) in [5, 5.41) is 25.6. The lowest BCUT2D eigenvalue weighted by Gasteiger charge is -2.26. The smallest absolute Gasteiger partial charge is 0.0991 e. The van der Waals surface area contributed by atoms with Crippen LogP contribution in [0.15, 0.2) is 140 Å². The van der Waals surface area contributed by atoms with Gasteiger partial charge in [0.05, 0.1) is 23.3 Å². The fourth-order valence-electron chi connectivity index (χ4n) is 6.10. The number of fused-ring (bicyclic) bond motifs is 5. The summed E-state index contributed by atoms with van der Waals surface area (Å²) in [5.74, 6) is 0. The summed E-state index contributed by atoms with van der Waals surface area (Å²) in [6, 6.07) is 52.8. The molecule has 8 aromatic rings. The average molecular weight is 578 g/mol. The summed E-state index contributed by atoms with van der Waals surface area (Å²) >= 11 is 1.84. The molecule has 44 heavy (non-hydrogen) atoms. The fraction of sp³-hybridized carbons (Fsp3) is 0. The van der Waals surface area contributed by atoms with Crippen LogP contribution >= 0.6 is 11.3 Å². The van der Waals surface area contributed by atoms with E-state index in [1.165, 1.54) is 31.3 Å². The molecule has 3 nitrogen and oxygen atoms in total. The number of rotatable bonds is 4. The highest BCUT2D eigenvalue weighted by molar-refractivity contribution is 7.26. The maximum atomic E-state index is 9.38. The second-order valence-electron chi connectivity index (χ2n) is 10.9. The van der Waals surface area contributed by atoms with Gasteiger partial charge in [0, 0.05) is 37.2 Å². The van der Waals surface area contributed by atoms with Crippen molar-refractivity contribution in [1.29, 1.82) is 10.5 Å². The van der Waals surface area contributed by atoms with Crippen molar-refractivity contribution in [3.8, 4) is 23.3 Å². The molecule has 0 amide bonds. The van der Waals surface area contributed by atoms with Crippen LogP contribution in [0, 0.1) is 22.7 Å². The van der Waals surface area contributed by atoms with Crippen LogP contribution < -0.4 is 4.90 Å². The molecule has 0 radical (unpaired) electrons. The van der Waals surface area contributed by atoms with E-state index in [4.69, 9.17) is 0 Å². The lowest BCUT2D eigenvalue weighted by Crippen LogP contribution is -2.10. The summed E-state index contributed by atoms with van der Waals surface area (Å²) < 4.78 is 2.60. The van der Waals surface area contributed by atoms with Crippen molar-refractivity contribution in [2.75, 3.05) is 4.90 Å². The van der Waals surface area contributed by atoms with Crippen LogP contribution in [0.25, 0.3) is 52.8 Å². The van der Waals surface area contributed by atoms with E-state index >= 15 is 0 Å². The largest absolute Gasteiger partial charge is 0.310 e. The average Bonchev–Trinajstić information content (AvgIpc) is 3.47. The van der Waals surface area contributed by atoms with Crippen LogP contribution in [0.3, 0.4) is 0 Å². The molecular formula is C40H23N3S. The third-order valence-electron chi connectivity index (χ3n) is 8.26. The van der Waals surface area contributed by atoms with Gasteiger partial charge in [0.15, 0.2) is 0 Å². The monoisotopic (exact) mass is 577 g/mol. The molecule has 0 aliphatic rings. The van der Waals surface area contributed by atoms with Gasteiger partial charge in [-0.2, -0.15) is 10.5 Å². The van der Waals surface area contributed by atoms with Gasteiger partial charge in [-0.15, -0.1) is 11.3 Å². The summed E-state index contributed by atoms with van der Waals surface area (Å²) in [7, 11) is 0. The first kappa shape index (κ1) is 25.7. The first-order chi connectivity index (χ1) is 21.7.